The average molecular weight is 360 g/mol. The number of methoxy groups -OCH3 is 1. The minimum absolute atomic E-state index is 0.259. The number of carbonyl (C=O) groups is 1. The van der Waals surface area contributed by atoms with Crippen molar-refractivity contribution in [3.8, 4) is 11.5 Å². The zero-order valence-corrected chi connectivity index (χ0v) is 15.4. The van der Waals surface area contributed by atoms with Crippen LogP contribution in [0.15, 0.2) is 42.5 Å². The van der Waals surface area contributed by atoms with Gasteiger partial charge in [0.15, 0.2) is 0 Å². The first-order valence-electron chi connectivity index (χ1n) is 8.10. The highest BCUT2D eigenvalue weighted by Crippen LogP contribution is 2.31. The first kappa shape index (κ1) is 18.9. The van der Waals surface area contributed by atoms with Gasteiger partial charge in [0.25, 0.3) is 0 Å². The van der Waals surface area contributed by atoms with E-state index in [1.165, 1.54) is 13.2 Å². The molecule has 1 amide bonds. The number of ether oxygens (including phenoxy) is 2. The minimum atomic E-state index is -0.259. The number of nitrogens with one attached hydrogen (secondary N) is 1. The van der Waals surface area contributed by atoms with Crippen molar-refractivity contribution in [3.63, 3.8) is 0 Å². The van der Waals surface area contributed by atoms with Crippen molar-refractivity contribution in [3.05, 3.63) is 58.6 Å². The third kappa shape index (κ3) is 5.26. The first-order chi connectivity index (χ1) is 12.0. The molecule has 0 saturated heterocycles. The van der Waals surface area contributed by atoms with Crippen LogP contribution >= 0.6 is 11.6 Å². The van der Waals surface area contributed by atoms with Gasteiger partial charge in [0.2, 0.25) is 5.91 Å². The molecule has 0 aliphatic carbocycles. The Kier molecular flexibility index (Phi) is 6.90. The first-order valence-corrected chi connectivity index (χ1v) is 8.48. The van der Waals surface area contributed by atoms with Gasteiger partial charge in [-0.15, -0.1) is 0 Å². The Morgan fingerprint density at radius 1 is 1.24 bits per heavy atom. The Labute approximate surface area is 153 Å². The van der Waals surface area contributed by atoms with Crippen LogP contribution in [0.3, 0.4) is 0 Å². The Morgan fingerprint density at radius 3 is 2.72 bits per heavy atom. The number of anilines is 1. The molecule has 4 nitrogen and oxygen atoms in total. The predicted octanol–water partition coefficient (Wildman–Crippen LogP) is 5.10. The number of rotatable bonds is 7. The van der Waals surface area contributed by atoms with Gasteiger partial charge in [-0.25, -0.2) is 0 Å². The molecule has 0 aliphatic heterocycles. The van der Waals surface area contributed by atoms with Crippen LogP contribution in [0.25, 0.3) is 6.08 Å². The fraction of sp³-hybridized carbons (Fsp3) is 0.250. The number of amides is 1. The van der Waals surface area contributed by atoms with Crippen molar-refractivity contribution in [1.82, 2.24) is 0 Å². The molecule has 132 valence electrons. The van der Waals surface area contributed by atoms with Crippen molar-refractivity contribution in [2.75, 3.05) is 19.0 Å². The maximum absolute atomic E-state index is 12.2. The maximum atomic E-state index is 12.2. The zero-order chi connectivity index (χ0) is 18.2. The second-order valence-corrected chi connectivity index (χ2v) is 5.92. The number of carbonyl (C=O) groups excluding carboxylic acids is 1. The van der Waals surface area contributed by atoms with Crippen LogP contribution in [-0.4, -0.2) is 19.6 Å². The van der Waals surface area contributed by atoms with Crippen molar-refractivity contribution < 1.29 is 14.3 Å². The van der Waals surface area contributed by atoms with Crippen LogP contribution in [0.5, 0.6) is 11.5 Å². The molecule has 0 aliphatic rings. The number of hydrogen-bond donors (Lipinski definition) is 1. The Hall–Kier alpha value is -2.46. The SMILES string of the molecule is CCCOc1ccccc1C=CC(=O)Nc1cc(C)c(Cl)cc1OC. The molecule has 2 aromatic carbocycles. The Bertz CT molecular complexity index is 772. The van der Waals surface area contributed by atoms with Gasteiger partial charge < -0.3 is 14.8 Å². The highest BCUT2D eigenvalue weighted by Gasteiger charge is 2.09. The molecule has 25 heavy (non-hydrogen) atoms. The Balaban J connectivity index is 2.13. The quantitative estimate of drug-likeness (QED) is 0.700. The average Bonchev–Trinajstić information content (AvgIpc) is 2.61. The third-order valence-electron chi connectivity index (χ3n) is 3.53. The van der Waals surface area contributed by atoms with Crippen LogP contribution in [-0.2, 0) is 4.79 Å². The molecule has 0 aromatic heterocycles. The van der Waals surface area contributed by atoms with Crippen molar-refractivity contribution in [2.24, 2.45) is 0 Å². The van der Waals surface area contributed by atoms with Crippen molar-refractivity contribution in [2.45, 2.75) is 20.3 Å². The summed E-state index contributed by atoms with van der Waals surface area (Å²) in [6, 6.07) is 11.1. The van der Waals surface area contributed by atoms with Crippen LogP contribution in [0.4, 0.5) is 5.69 Å². The van der Waals surface area contributed by atoms with Gasteiger partial charge >= 0.3 is 0 Å². The van der Waals surface area contributed by atoms with E-state index in [1.54, 1.807) is 18.2 Å². The monoisotopic (exact) mass is 359 g/mol. The van der Waals surface area contributed by atoms with E-state index in [0.717, 1.165) is 23.3 Å². The van der Waals surface area contributed by atoms with E-state index in [4.69, 9.17) is 21.1 Å². The summed E-state index contributed by atoms with van der Waals surface area (Å²) in [4.78, 5) is 12.2. The lowest BCUT2D eigenvalue weighted by molar-refractivity contribution is -0.111. The van der Waals surface area contributed by atoms with Gasteiger partial charge in [0.05, 0.1) is 19.4 Å². The fourth-order valence-electron chi connectivity index (χ4n) is 2.23. The van der Waals surface area contributed by atoms with E-state index in [-0.39, 0.29) is 5.91 Å². The van der Waals surface area contributed by atoms with Gasteiger partial charge in [-0.3, -0.25) is 4.79 Å². The molecule has 0 heterocycles. The van der Waals surface area contributed by atoms with E-state index in [1.807, 2.05) is 38.1 Å². The van der Waals surface area contributed by atoms with Crippen LogP contribution in [0.2, 0.25) is 5.02 Å². The fourth-order valence-corrected chi connectivity index (χ4v) is 2.39. The lowest BCUT2D eigenvalue weighted by Crippen LogP contribution is -2.09. The molecular weight excluding hydrogens is 338 g/mol. The van der Waals surface area contributed by atoms with Gasteiger partial charge in [0.1, 0.15) is 11.5 Å². The van der Waals surface area contributed by atoms with E-state index in [2.05, 4.69) is 5.32 Å². The second kappa shape index (κ2) is 9.14. The summed E-state index contributed by atoms with van der Waals surface area (Å²) in [5.41, 5.74) is 2.29. The third-order valence-corrected chi connectivity index (χ3v) is 3.94. The maximum Gasteiger partial charge on any atom is 0.248 e. The zero-order valence-electron chi connectivity index (χ0n) is 14.6. The van der Waals surface area contributed by atoms with Gasteiger partial charge in [0, 0.05) is 22.7 Å². The molecule has 0 spiro atoms. The molecule has 0 unspecified atom stereocenters. The molecule has 0 atom stereocenters. The second-order valence-electron chi connectivity index (χ2n) is 5.51. The lowest BCUT2D eigenvalue weighted by atomic mass is 10.1. The van der Waals surface area contributed by atoms with E-state index in [9.17, 15) is 4.79 Å². The summed E-state index contributed by atoms with van der Waals surface area (Å²) in [5, 5.41) is 3.40. The van der Waals surface area contributed by atoms with E-state index < -0.39 is 0 Å². The molecule has 0 radical (unpaired) electrons. The normalized spacial score (nSPS) is 10.7. The summed E-state index contributed by atoms with van der Waals surface area (Å²) in [6.07, 6.45) is 4.13. The molecule has 1 N–H and O–H groups in total. The molecule has 0 fully saturated rings. The number of para-hydroxylation sites is 1. The summed E-state index contributed by atoms with van der Waals surface area (Å²) < 4.78 is 10.9. The summed E-state index contributed by atoms with van der Waals surface area (Å²) >= 11 is 6.08. The van der Waals surface area contributed by atoms with Gasteiger partial charge in [-0.05, 0) is 37.1 Å². The summed E-state index contributed by atoms with van der Waals surface area (Å²) in [5.74, 6) is 1.02. The molecule has 2 rings (SSSR count). The number of halogens is 1. The van der Waals surface area contributed by atoms with Gasteiger partial charge in [-0.2, -0.15) is 0 Å². The largest absolute Gasteiger partial charge is 0.495 e. The molecule has 0 bridgehead atoms. The topological polar surface area (TPSA) is 47.6 Å². The summed E-state index contributed by atoms with van der Waals surface area (Å²) in [7, 11) is 1.54. The van der Waals surface area contributed by atoms with Crippen LogP contribution in [0.1, 0.15) is 24.5 Å². The van der Waals surface area contributed by atoms with Gasteiger partial charge in [-0.1, -0.05) is 36.7 Å². The van der Waals surface area contributed by atoms with E-state index >= 15 is 0 Å². The summed E-state index contributed by atoms with van der Waals surface area (Å²) in [6.45, 7) is 4.56. The van der Waals surface area contributed by atoms with E-state index in [0.29, 0.717) is 23.1 Å². The number of aryl methyl sites for hydroxylation is 1. The standard InChI is InChI=1S/C20H22ClNO3/c1-4-11-25-18-8-6-5-7-15(18)9-10-20(23)22-17-12-14(2)16(21)13-19(17)24-3/h5-10,12-13H,4,11H2,1-3H3,(H,22,23). The number of hydrogen-bond acceptors (Lipinski definition) is 3. The highest BCUT2D eigenvalue weighted by molar-refractivity contribution is 6.31. The lowest BCUT2D eigenvalue weighted by Gasteiger charge is -2.11. The van der Waals surface area contributed by atoms with Crippen molar-refractivity contribution >= 4 is 29.3 Å². The van der Waals surface area contributed by atoms with Crippen LogP contribution in [0, 0.1) is 6.92 Å². The smallest absolute Gasteiger partial charge is 0.248 e. The number of benzene rings is 2. The molecule has 5 heteroatoms. The molecular formula is C20H22ClNO3. The Morgan fingerprint density at radius 2 is 2.00 bits per heavy atom. The molecule has 2 aromatic rings. The minimum Gasteiger partial charge on any atom is -0.495 e. The predicted molar refractivity (Wildman–Crippen MR) is 103 cm³/mol. The molecule has 0 saturated carbocycles. The highest BCUT2D eigenvalue weighted by atomic mass is 35.5. The van der Waals surface area contributed by atoms with Crippen LogP contribution < -0.4 is 14.8 Å². The van der Waals surface area contributed by atoms with Crippen molar-refractivity contribution in [1.29, 1.82) is 0 Å².